The van der Waals surface area contributed by atoms with E-state index in [-0.39, 0.29) is 45.3 Å². The molecule has 0 spiro atoms. The van der Waals surface area contributed by atoms with Crippen molar-refractivity contribution in [3.63, 3.8) is 0 Å². The van der Waals surface area contributed by atoms with Crippen LogP contribution in [0.3, 0.4) is 0 Å². The average molecular weight is 489 g/mol. The number of aliphatic carboxylic acids is 1. The second kappa shape index (κ2) is 7.35. The van der Waals surface area contributed by atoms with Gasteiger partial charge in [-0.2, -0.15) is 0 Å². The number of carboxylic acid groups (broad SMARTS) is 1. The first-order valence-electron chi connectivity index (χ1n) is 14.0. The molecule has 5 rings (SSSR count). The first-order valence-corrected chi connectivity index (χ1v) is 14.0. The quantitative estimate of drug-likeness (QED) is 0.382. The maximum atomic E-state index is 12.5. The van der Waals surface area contributed by atoms with Crippen LogP contribution in [0.25, 0.3) is 0 Å². The standard InChI is InChI=1S/C30H48O5/c1-17-10-12-25(2)14-15-27(4)18(22(25)30(17,7)35)8-9-20-26(3)16-19(31)23(32)29(6,24(33)34)21(26)11-13-28(20,27)5/h8,17,19-23,31-32,35H,9-16H2,1-7H3,(H,33,34). The summed E-state index contributed by atoms with van der Waals surface area (Å²) in [5, 5.41) is 44.0. The summed E-state index contributed by atoms with van der Waals surface area (Å²) in [4.78, 5) is 12.5. The van der Waals surface area contributed by atoms with Crippen molar-refractivity contribution in [2.24, 2.45) is 50.7 Å². The van der Waals surface area contributed by atoms with Crippen molar-refractivity contribution in [3.05, 3.63) is 11.6 Å². The van der Waals surface area contributed by atoms with Gasteiger partial charge in [0.1, 0.15) is 0 Å². The monoisotopic (exact) mass is 488 g/mol. The van der Waals surface area contributed by atoms with Crippen LogP contribution in [-0.2, 0) is 4.79 Å². The lowest BCUT2D eigenvalue weighted by Gasteiger charge is -2.72. The molecular weight excluding hydrogens is 440 g/mol. The normalized spacial score (nSPS) is 59.9. The van der Waals surface area contributed by atoms with E-state index >= 15 is 0 Å². The van der Waals surface area contributed by atoms with Crippen molar-refractivity contribution in [3.8, 4) is 0 Å². The molecule has 4 fully saturated rings. The largest absolute Gasteiger partial charge is 0.481 e. The molecule has 12 atom stereocenters. The third-order valence-corrected chi connectivity index (χ3v) is 13.5. The Morgan fingerprint density at radius 1 is 0.943 bits per heavy atom. The number of hydrogen-bond donors (Lipinski definition) is 4. The van der Waals surface area contributed by atoms with Crippen molar-refractivity contribution in [2.45, 2.75) is 118 Å². The number of carboxylic acids is 1. The molecule has 0 saturated heterocycles. The van der Waals surface area contributed by atoms with Gasteiger partial charge in [0.15, 0.2) is 0 Å². The second-order valence-corrected chi connectivity index (χ2v) is 14.9. The van der Waals surface area contributed by atoms with Gasteiger partial charge in [-0.25, -0.2) is 0 Å². The number of hydrogen-bond acceptors (Lipinski definition) is 4. The summed E-state index contributed by atoms with van der Waals surface area (Å²) in [6.07, 6.45) is 7.52. The van der Waals surface area contributed by atoms with Gasteiger partial charge in [0.25, 0.3) is 0 Å². The number of aliphatic hydroxyl groups excluding tert-OH is 2. The summed E-state index contributed by atoms with van der Waals surface area (Å²) in [5.74, 6) is -0.562. The summed E-state index contributed by atoms with van der Waals surface area (Å²) in [5.41, 5.74) is -1.05. The van der Waals surface area contributed by atoms with Crippen molar-refractivity contribution in [1.29, 1.82) is 0 Å². The molecule has 0 aromatic heterocycles. The second-order valence-electron chi connectivity index (χ2n) is 14.9. The highest BCUT2D eigenvalue weighted by atomic mass is 16.4. The predicted molar refractivity (Wildman–Crippen MR) is 135 cm³/mol. The van der Waals surface area contributed by atoms with Crippen LogP contribution in [0, 0.1) is 50.7 Å². The molecule has 5 heteroatoms. The van der Waals surface area contributed by atoms with Crippen molar-refractivity contribution >= 4 is 5.97 Å². The minimum atomic E-state index is -1.35. The average Bonchev–Trinajstić information content (AvgIpc) is 2.76. The van der Waals surface area contributed by atoms with E-state index in [0.717, 1.165) is 44.9 Å². The van der Waals surface area contributed by atoms with E-state index in [1.165, 1.54) is 5.57 Å². The van der Waals surface area contributed by atoms with Crippen molar-refractivity contribution in [1.82, 2.24) is 0 Å². The van der Waals surface area contributed by atoms with E-state index in [4.69, 9.17) is 0 Å². The van der Waals surface area contributed by atoms with Crippen LogP contribution in [0.2, 0.25) is 0 Å². The lowest BCUT2D eigenvalue weighted by molar-refractivity contribution is -0.242. The molecule has 35 heavy (non-hydrogen) atoms. The van der Waals surface area contributed by atoms with E-state index in [0.29, 0.717) is 6.42 Å². The number of carbonyl (C=O) groups is 1. The summed E-state index contributed by atoms with van der Waals surface area (Å²) in [6.45, 7) is 15.4. The molecule has 0 amide bonds. The first-order chi connectivity index (χ1) is 16.0. The molecule has 5 aliphatic rings. The highest BCUT2D eigenvalue weighted by Gasteiger charge is 2.71. The summed E-state index contributed by atoms with van der Waals surface area (Å²) < 4.78 is 0. The Hall–Kier alpha value is -0.910. The van der Waals surface area contributed by atoms with E-state index < -0.39 is 29.2 Å². The number of allylic oxidation sites excluding steroid dienone is 1. The Labute approximate surface area is 211 Å². The van der Waals surface area contributed by atoms with Gasteiger partial charge in [0.2, 0.25) is 0 Å². The van der Waals surface area contributed by atoms with Crippen LogP contribution in [0.4, 0.5) is 0 Å². The zero-order valence-electron chi connectivity index (χ0n) is 22.9. The zero-order chi connectivity index (χ0) is 26.0. The molecule has 5 nitrogen and oxygen atoms in total. The molecule has 5 aliphatic carbocycles. The van der Waals surface area contributed by atoms with Gasteiger partial charge < -0.3 is 20.4 Å². The highest BCUT2D eigenvalue weighted by Crippen LogP contribution is 2.76. The molecule has 0 aliphatic heterocycles. The lowest BCUT2D eigenvalue weighted by Crippen LogP contribution is -2.69. The van der Waals surface area contributed by atoms with Crippen LogP contribution >= 0.6 is 0 Å². The number of fused-ring (bicyclic) bond motifs is 7. The minimum absolute atomic E-state index is 0.0537. The van der Waals surface area contributed by atoms with Crippen LogP contribution in [0.5, 0.6) is 0 Å². The van der Waals surface area contributed by atoms with Crippen LogP contribution < -0.4 is 0 Å². The number of aliphatic hydroxyl groups is 3. The van der Waals surface area contributed by atoms with Gasteiger partial charge in [-0.05, 0) is 105 Å². The third kappa shape index (κ3) is 2.90. The molecular formula is C30H48O5. The molecule has 4 N–H and O–H groups in total. The summed E-state index contributed by atoms with van der Waals surface area (Å²) in [6, 6.07) is 0. The molecule has 0 radical (unpaired) electrons. The van der Waals surface area contributed by atoms with E-state index in [1.807, 2.05) is 0 Å². The smallest absolute Gasteiger partial charge is 0.312 e. The fraction of sp³-hybridized carbons (Fsp3) is 0.900. The molecule has 0 aromatic carbocycles. The van der Waals surface area contributed by atoms with Crippen LogP contribution in [-0.4, -0.2) is 44.2 Å². The minimum Gasteiger partial charge on any atom is -0.481 e. The van der Waals surface area contributed by atoms with Gasteiger partial charge in [-0.3, -0.25) is 4.79 Å². The van der Waals surface area contributed by atoms with Gasteiger partial charge in [-0.15, -0.1) is 0 Å². The van der Waals surface area contributed by atoms with Gasteiger partial charge in [0.05, 0.1) is 23.2 Å². The summed E-state index contributed by atoms with van der Waals surface area (Å²) >= 11 is 0. The molecule has 0 bridgehead atoms. The first kappa shape index (κ1) is 25.7. The molecule has 4 saturated carbocycles. The van der Waals surface area contributed by atoms with E-state index in [1.54, 1.807) is 6.92 Å². The van der Waals surface area contributed by atoms with Crippen molar-refractivity contribution < 1.29 is 25.2 Å². The van der Waals surface area contributed by atoms with E-state index in [2.05, 4.69) is 47.6 Å². The Bertz CT molecular complexity index is 952. The van der Waals surface area contributed by atoms with E-state index in [9.17, 15) is 25.2 Å². The molecule has 0 heterocycles. The predicted octanol–water partition coefficient (Wildman–Crippen LogP) is 5.18. The molecule has 0 aromatic rings. The fourth-order valence-electron chi connectivity index (χ4n) is 11.0. The topological polar surface area (TPSA) is 98.0 Å². The Balaban J connectivity index is 1.63. The van der Waals surface area contributed by atoms with Gasteiger partial charge in [0, 0.05) is 5.92 Å². The van der Waals surface area contributed by atoms with Crippen LogP contribution in [0.1, 0.15) is 99.8 Å². The van der Waals surface area contributed by atoms with Crippen molar-refractivity contribution in [2.75, 3.05) is 0 Å². The highest BCUT2D eigenvalue weighted by molar-refractivity contribution is 5.76. The maximum absolute atomic E-state index is 12.5. The molecule has 12 unspecified atom stereocenters. The lowest BCUT2D eigenvalue weighted by atomic mass is 9.33. The Morgan fingerprint density at radius 2 is 1.60 bits per heavy atom. The van der Waals surface area contributed by atoms with Crippen LogP contribution in [0.15, 0.2) is 11.6 Å². The van der Waals surface area contributed by atoms with Gasteiger partial charge in [-0.1, -0.05) is 46.3 Å². The zero-order valence-corrected chi connectivity index (χ0v) is 22.9. The SMILES string of the molecule is CC1CCC2(C)CCC3(C)C(=CCC4C5(C)CC(O)C(O)C(C)(C(=O)O)C5CCC43C)C2C1(C)O. The third-order valence-electron chi connectivity index (χ3n) is 13.5. The maximum Gasteiger partial charge on any atom is 0.312 e. The Morgan fingerprint density at radius 3 is 2.23 bits per heavy atom. The fourth-order valence-corrected chi connectivity index (χ4v) is 11.0. The Kier molecular flexibility index (Phi) is 5.40. The van der Waals surface area contributed by atoms with Gasteiger partial charge >= 0.3 is 5.97 Å². The number of rotatable bonds is 1. The summed E-state index contributed by atoms with van der Waals surface area (Å²) in [7, 11) is 0. The molecule has 198 valence electrons.